The highest BCUT2D eigenvalue weighted by Gasteiger charge is 1.96. The molecule has 0 aromatic rings. The maximum absolute atomic E-state index is 8.82. The molecular formula is C7H10O. The van der Waals surface area contributed by atoms with Crippen LogP contribution >= 0.6 is 0 Å². The molecule has 1 unspecified atom stereocenters. The van der Waals surface area contributed by atoms with Crippen molar-refractivity contribution >= 4 is 0 Å². The zero-order valence-corrected chi connectivity index (χ0v) is 5.18. The van der Waals surface area contributed by atoms with Gasteiger partial charge in [0.15, 0.2) is 0 Å². The maximum atomic E-state index is 8.82. The second-order valence-electron chi connectivity index (χ2n) is 1.60. The van der Waals surface area contributed by atoms with Gasteiger partial charge in [0.2, 0.25) is 0 Å². The van der Waals surface area contributed by atoms with E-state index in [0.717, 1.165) is 5.57 Å². The van der Waals surface area contributed by atoms with Crippen LogP contribution < -0.4 is 0 Å². The summed E-state index contributed by atoms with van der Waals surface area (Å²) in [6.07, 6.45) is 6.01. The minimum absolute atomic E-state index is 0.694. The van der Waals surface area contributed by atoms with Gasteiger partial charge in [0.1, 0.15) is 6.10 Å². The van der Waals surface area contributed by atoms with Crippen molar-refractivity contribution in [3.63, 3.8) is 0 Å². The van der Waals surface area contributed by atoms with Crippen molar-refractivity contribution in [1.29, 1.82) is 0 Å². The standard InChI is InChI=1S/C7H10O/c1-4-6(3)7(8)5-2/h2,4,7-8H,1,3H3/b6-4-. The normalized spacial score (nSPS) is 15.0. The first kappa shape index (κ1) is 7.26. The Morgan fingerprint density at radius 2 is 2.38 bits per heavy atom. The lowest BCUT2D eigenvalue weighted by molar-refractivity contribution is 0.268. The van der Waals surface area contributed by atoms with E-state index in [-0.39, 0.29) is 0 Å². The van der Waals surface area contributed by atoms with Gasteiger partial charge in [-0.3, -0.25) is 0 Å². The van der Waals surface area contributed by atoms with E-state index >= 15 is 0 Å². The zero-order valence-electron chi connectivity index (χ0n) is 5.18. The largest absolute Gasteiger partial charge is 0.376 e. The Morgan fingerprint density at radius 1 is 1.88 bits per heavy atom. The van der Waals surface area contributed by atoms with Crippen molar-refractivity contribution in [2.75, 3.05) is 0 Å². The number of aliphatic hydroxyl groups excluding tert-OH is 1. The molecule has 8 heavy (non-hydrogen) atoms. The number of terminal acetylenes is 1. The minimum atomic E-state index is -0.694. The second-order valence-corrected chi connectivity index (χ2v) is 1.60. The third kappa shape index (κ3) is 1.81. The number of allylic oxidation sites excluding steroid dienone is 1. The second kappa shape index (κ2) is 3.29. The van der Waals surface area contributed by atoms with Crippen LogP contribution in [0.4, 0.5) is 0 Å². The Morgan fingerprint density at radius 3 is 2.50 bits per heavy atom. The van der Waals surface area contributed by atoms with Gasteiger partial charge in [0, 0.05) is 0 Å². The average molecular weight is 110 g/mol. The van der Waals surface area contributed by atoms with Crippen LogP contribution in [0.15, 0.2) is 11.6 Å². The Hall–Kier alpha value is -0.740. The van der Waals surface area contributed by atoms with Crippen molar-refractivity contribution in [1.82, 2.24) is 0 Å². The fraction of sp³-hybridized carbons (Fsp3) is 0.429. The molecule has 0 rings (SSSR count). The van der Waals surface area contributed by atoms with Gasteiger partial charge in [-0.1, -0.05) is 12.0 Å². The van der Waals surface area contributed by atoms with Gasteiger partial charge in [-0.15, -0.1) is 6.42 Å². The number of hydrogen-bond acceptors (Lipinski definition) is 1. The Kier molecular flexibility index (Phi) is 2.98. The molecule has 0 aliphatic heterocycles. The van der Waals surface area contributed by atoms with E-state index in [1.54, 1.807) is 13.0 Å². The van der Waals surface area contributed by atoms with E-state index in [1.807, 2.05) is 6.92 Å². The molecule has 0 saturated carbocycles. The molecule has 0 fully saturated rings. The summed E-state index contributed by atoms with van der Waals surface area (Å²) in [5.74, 6) is 2.20. The van der Waals surface area contributed by atoms with Gasteiger partial charge in [0.25, 0.3) is 0 Å². The summed E-state index contributed by atoms with van der Waals surface area (Å²) in [5.41, 5.74) is 0.826. The molecule has 0 amide bonds. The van der Waals surface area contributed by atoms with Crippen LogP contribution in [0.5, 0.6) is 0 Å². The van der Waals surface area contributed by atoms with E-state index < -0.39 is 6.10 Å². The van der Waals surface area contributed by atoms with Crippen LogP contribution in [-0.4, -0.2) is 11.2 Å². The summed E-state index contributed by atoms with van der Waals surface area (Å²) in [7, 11) is 0. The molecule has 0 spiro atoms. The SMILES string of the molecule is C#CC(O)/C(C)=C\C. The number of rotatable bonds is 1. The molecule has 0 aromatic heterocycles. The maximum Gasteiger partial charge on any atom is 0.135 e. The monoisotopic (exact) mass is 110 g/mol. The fourth-order valence-corrected chi connectivity index (χ4v) is 0.289. The molecular weight excluding hydrogens is 100 g/mol. The molecule has 0 bridgehead atoms. The Labute approximate surface area is 50.0 Å². The highest BCUT2D eigenvalue weighted by atomic mass is 16.3. The van der Waals surface area contributed by atoms with Crippen LogP contribution in [0.3, 0.4) is 0 Å². The van der Waals surface area contributed by atoms with Crippen molar-refractivity contribution in [3.8, 4) is 12.3 Å². The van der Waals surface area contributed by atoms with E-state index in [0.29, 0.717) is 0 Å². The van der Waals surface area contributed by atoms with Crippen LogP contribution in [0, 0.1) is 12.3 Å². The smallest absolute Gasteiger partial charge is 0.135 e. The van der Waals surface area contributed by atoms with Crippen molar-refractivity contribution < 1.29 is 5.11 Å². The highest BCUT2D eigenvalue weighted by molar-refractivity contribution is 5.15. The summed E-state index contributed by atoms with van der Waals surface area (Å²) < 4.78 is 0. The summed E-state index contributed by atoms with van der Waals surface area (Å²) >= 11 is 0. The molecule has 0 aromatic carbocycles. The predicted molar refractivity (Wildman–Crippen MR) is 34.3 cm³/mol. The van der Waals surface area contributed by atoms with Crippen LogP contribution in [0.1, 0.15) is 13.8 Å². The van der Waals surface area contributed by atoms with Crippen LogP contribution in [0.2, 0.25) is 0 Å². The first-order chi connectivity index (χ1) is 3.72. The topological polar surface area (TPSA) is 20.2 Å². The molecule has 0 aliphatic carbocycles. The molecule has 1 heteroatoms. The summed E-state index contributed by atoms with van der Waals surface area (Å²) in [6, 6.07) is 0. The van der Waals surface area contributed by atoms with Gasteiger partial charge < -0.3 is 5.11 Å². The lowest BCUT2D eigenvalue weighted by Crippen LogP contribution is -2.02. The van der Waals surface area contributed by atoms with Crippen molar-refractivity contribution in [3.05, 3.63) is 11.6 Å². The molecule has 0 saturated heterocycles. The summed E-state index contributed by atoms with van der Waals surface area (Å²) in [5, 5.41) is 8.82. The average Bonchev–Trinajstić information content (AvgIpc) is 1.84. The van der Waals surface area contributed by atoms with Gasteiger partial charge in [-0.05, 0) is 19.4 Å². The quantitative estimate of drug-likeness (QED) is 0.393. The number of hydrogen-bond donors (Lipinski definition) is 1. The lowest BCUT2D eigenvalue weighted by atomic mass is 10.2. The minimum Gasteiger partial charge on any atom is -0.376 e. The molecule has 1 nitrogen and oxygen atoms in total. The van der Waals surface area contributed by atoms with E-state index in [2.05, 4.69) is 5.92 Å². The molecule has 0 heterocycles. The van der Waals surface area contributed by atoms with E-state index in [9.17, 15) is 0 Å². The highest BCUT2D eigenvalue weighted by Crippen LogP contribution is 1.97. The van der Waals surface area contributed by atoms with Crippen LogP contribution in [-0.2, 0) is 0 Å². The third-order valence-corrected chi connectivity index (χ3v) is 1.04. The van der Waals surface area contributed by atoms with E-state index in [1.165, 1.54) is 0 Å². The van der Waals surface area contributed by atoms with Crippen molar-refractivity contribution in [2.24, 2.45) is 0 Å². The van der Waals surface area contributed by atoms with Gasteiger partial charge in [-0.25, -0.2) is 0 Å². The zero-order chi connectivity index (χ0) is 6.57. The molecule has 1 atom stereocenters. The van der Waals surface area contributed by atoms with E-state index in [4.69, 9.17) is 11.5 Å². The van der Waals surface area contributed by atoms with Gasteiger partial charge >= 0.3 is 0 Å². The summed E-state index contributed by atoms with van der Waals surface area (Å²) in [6.45, 7) is 3.64. The first-order valence-corrected chi connectivity index (χ1v) is 2.49. The van der Waals surface area contributed by atoms with Gasteiger partial charge in [0.05, 0.1) is 0 Å². The van der Waals surface area contributed by atoms with Gasteiger partial charge in [-0.2, -0.15) is 0 Å². The molecule has 0 aliphatic rings. The molecule has 1 N–H and O–H groups in total. The van der Waals surface area contributed by atoms with Crippen LogP contribution in [0.25, 0.3) is 0 Å². The van der Waals surface area contributed by atoms with Crippen molar-refractivity contribution in [2.45, 2.75) is 20.0 Å². The number of aliphatic hydroxyl groups is 1. The third-order valence-electron chi connectivity index (χ3n) is 1.04. The molecule has 0 radical (unpaired) electrons. The lowest BCUT2D eigenvalue weighted by Gasteiger charge is -1.99. The Balaban J connectivity index is 3.87. The fourth-order valence-electron chi connectivity index (χ4n) is 0.289. The first-order valence-electron chi connectivity index (χ1n) is 2.49. The molecule has 44 valence electrons. The summed E-state index contributed by atoms with van der Waals surface area (Å²) in [4.78, 5) is 0. The predicted octanol–water partition coefficient (Wildman–Crippen LogP) is 0.947. The Bertz CT molecular complexity index is 128.